The lowest BCUT2D eigenvalue weighted by Crippen LogP contribution is -2.03. The van der Waals surface area contributed by atoms with Crippen molar-refractivity contribution >= 4 is 39.1 Å². The quantitative estimate of drug-likeness (QED) is 0.622. The van der Waals surface area contributed by atoms with E-state index >= 15 is 0 Å². The maximum Gasteiger partial charge on any atom is 0.229 e. The molecule has 24 heavy (non-hydrogen) atoms. The Kier molecular flexibility index (Phi) is 4.76. The summed E-state index contributed by atoms with van der Waals surface area (Å²) in [6.07, 6.45) is 0. The molecule has 3 rings (SSSR count). The first kappa shape index (κ1) is 16.4. The smallest absolute Gasteiger partial charge is 0.229 e. The minimum absolute atomic E-state index is 0.297. The Hall–Kier alpha value is -2.47. The number of halogens is 2. The van der Waals surface area contributed by atoms with Gasteiger partial charge in [-0.1, -0.05) is 22.0 Å². The topological polar surface area (TPSA) is 49.8 Å². The number of anilines is 4. The van der Waals surface area contributed by atoms with Gasteiger partial charge >= 0.3 is 0 Å². The van der Waals surface area contributed by atoms with Crippen LogP contribution in [0, 0.1) is 19.7 Å². The van der Waals surface area contributed by atoms with E-state index in [2.05, 4.69) is 36.5 Å². The Morgan fingerprint density at radius 2 is 1.79 bits per heavy atom. The van der Waals surface area contributed by atoms with Crippen LogP contribution in [0.15, 0.2) is 53.0 Å². The highest BCUT2D eigenvalue weighted by molar-refractivity contribution is 9.10. The van der Waals surface area contributed by atoms with E-state index in [1.54, 1.807) is 12.1 Å². The molecule has 0 spiro atoms. The zero-order valence-electron chi connectivity index (χ0n) is 13.3. The molecule has 0 bridgehead atoms. The van der Waals surface area contributed by atoms with Crippen molar-refractivity contribution in [1.29, 1.82) is 0 Å². The van der Waals surface area contributed by atoms with E-state index in [-0.39, 0.29) is 5.82 Å². The van der Waals surface area contributed by atoms with Crippen LogP contribution in [0.3, 0.4) is 0 Å². The van der Waals surface area contributed by atoms with Crippen LogP contribution in [0.25, 0.3) is 0 Å². The number of hydrogen-bond donors (Lipinski definition) is 2. The maximum atomic E-state index is 13.3. The van der Waals surface area contributed by atoms with Gasteiger partial charge < -0.3 is 10.6 Å². The summed E-state index contributed by atoms with van der Waals surface area (Å²) in [6, 6.07) is 14.0. The Morgan fingerprint density at radius 1 is 0.958 bits per heavy atom. The third-order valence-corrected chi connectivity index (χ3v) is 3.88. The van der Waals surface area contributed by atoms with E-state index in [1.165, 1.54) is 12.1 Å². The summed E-state index contributed by atoms with van der Waals surface area (Å²) in [4.78, 5) is 8.85. The highest BCUT2D eigenvalue weighted by atomic mass is 79.9. The van der Waals surface area contributed by atoms with Crippen LogP contribution in [-0.2, 0) is 0 Å². The molecule has 0 saturated carbocycles. The lowest BCUT2D eigenvalue weighted by molar-refractivity contribution is 0.628. The molecule has 0 amide bonds. The van der Waals surface area contributed by atoms with Crippen LogP contribution in [0.5, 0.6) is 0 Å². The van der Waals surface area contributed by atoms with E-state index in [0.717, 1.165) is 21.4 Å². The van der Waals surface area contributed by atoms with Crippen LogP contribution in [0.4, 0.5) is 27.5 Å². The van der Waals surface area contributed by atoms with Crippen LogP contribution in [0.2, 0.25) is 0 Å². The van der Waals surface area contributed by atoms with Crippen LogP contribution in [-0.4, -0.2) is 9.97 Å². The fourth-order valence-electron chi connectivity index (χ4n) is 2.29. The molecule has 6 heteroatoms. The molecule has 1 heterocycles. The van der Waals surface area contributed by atoms with Gasteiger partial charge in [-0.25, -0.2) is 9.37 Å². The van der Waals surface area contributed by atoms with Crippen LogP contribution in [0.1, 0.15) is 11.3 Å². The molecule has 2 N–H and O–H groups in total. The number of benzene rings is 2. The van der Waals surface area contributed by atoms with Crippen molar-refractivity contribution in [2.24, 2.45) is 0 Å². The molecule has 3 aromatic rings. The lowest BCUT2D eigenvalue weighted by atomic mass is 10.2. The highest BCUT2D eigenvalue weighted by Crippen LogP contribution is 2.24. The lowest BCUT2D eigenvalue weighted by Gasteiger charge is -2.12. The largest absolute Gasteiger partial charge is 0.340 e. The van der Waals surface area contributed by atoms with Gasteiger partial charge in [0, 0.05) is 27.6 Å². The number of hydrogen-bond acceptors (Lipinski definition) is 4. The molecule has 0 fully saturated rings. The second-order valence-corrected chi connectivity index (χ2v) is 6.35. The van der Waals surface area contributed by atoms with Gasteiger partial charge in [0.2, 0.25) is 5.95 Å². The van der Waals surface area contributed by atoms with Gasteiger partial charge in [-0.3, -0.25) is 0 Å². The van der Waals surface area contributed by atoms with Crippen molar-refractivity contribution in [3.63, 3.8) is 0 Å². The average Bonchev–Trinajstić information content (AvgIpc) is 2.49. The van der Waals surface area contributed by atoms with E-state index in [9.17, 15) is 4.39 Å². The monoisotopic (exact) mass is 386 g/mol. The summed E-state index contributed by atoms with van der Waals surface area (Å²) in [5.41, 5.74) is 3.45. The Morgan fingerprint density at radius 3 is 2.54 bits per heavy atom. The normalized spacial score (nSPS) is 10.5. The molecular formula is C18H16BrFN4. The highest BCUT2D eigenvalue weighted by Gasteiger charge is 2.06. The van der Waals surface area contributed by atoms with Crippen molar-refractivity contribution < 1.29 is 4.39 Å². The van der Waals surface area contributed by atoms with E-state index in [4.69, 9.17) is 0 Å². The van der Waals surface area contributed by atoms with Crippen molar-refractivity contribution in [2.75, 3.05) is 10.6 Å². The number of nitrogens with one attached hydrogen (secondary N) is 2. The van der Waals surface area contributed by atoms with Gasteiger partial charge in [0.15, 0.2) is 0 Å². The third-order valence-electron chi connectivity index (χ3n) is 3.39. The number of aromatic nitrogens is 2. The molecule has 122 valence electrons. The second kappa shape index (κ2) is 6.97. The first-order chi connectivity index (χ1) is 11.5. The molecule has 0 aliphatic carbocycles. The molecule has 0 radical (unpaired) electrons. The van der Waals surface area contributed by atoms with Gasteiger partial charge in [-0.15, -0.1) is 0 Å². The summed E-state index contributed by atoms with van der Waals surface area (Å²) in [6.45, 7) is 3.90. The minimum atomic E-state index is -0.297. The zero-order valence-corrected chi connectivity index (χ0v) is 14.9. The zero-order chi connectivity index (χ0) is 17.1. The maximum absolute atomic E-state index is 13.3. The van der Waals surface area contributed by atoms with Gasteiger partial charge in [-0.05, 0) is 55.8 Å². The second-order valence-electron chi connectivity index (χ2n) is 5.44. The van der Waals surface area contributed by atoms with E-state index < -0.39 is 0 Å². The molecule has 0 unspecified atom stereocenters. The molecule has 2 aromatic carbocycles. The van der Waals surface area contributed by atoms with Crippen molar-refractivity contribution in [3.05, 3.63) is 70.1 Å². The molecule has 0 aliphatic rings. The van der Waals surface area contributed by atoms with Gasteiger partial charge in [0.1, 0.15) is 11.6 Å². The van der Waals surface area contributed by atoms with Crippen molar-refractivity contribution in [1.82, 2.24) is 9.97 Å². The molecule has 4 nitrogen and oxygen atoms in total. The predicted molar refractivity (Wildman–Crippen MR) is 98.6 cm³/mol. The first-order valence-electron chi connectivity index (χ1n) is 7.41. The first-order valence-corrected chi connectivity index (χ1v) is 8.20. The molecule has 0 atom stereocenters. The molecule has 0 saturated heterocycles. The van der Waals surface area contributed by atoms with Gasteiger partial charge in [0.05, 0.1) is 0 Å². The van der Waals surface area contributed by atoms with Crippen LogP contribution < -0.4 is 10.6 Å². The summed E-state index contributed by atoms with van der Waals surface area (Å²) in [7, 11) is 0. The van der Waals surface area contributed by atoms with Crippen molar-refractivity contribution in [3.8, 4) is 0 Å². The Labute approximate surface area is 148 Å². The summed E-state index contributed by atoms with van der Waals surface area (Å²) >= 11 is 3.45. The Bertz CT molecular complexity index is 883. The molecule has 0 aliphatic heterocycles. The molecule has 1 aromatic heterocycles. The SMILES string of the molecule is Cc1cc(Nc2cccc(F)c2)nc(Nc2ccc(Br)cc2C)n1. The number of nitrogens with zero attached hydrogens (tertiary/aromatic N) is 2. The summed E-state index contributed by atoms with van der Waals surface area (Å²) in [5, 5.41) is 6.32. The number of aryl methyl sites for hydroxylation is 2. The Balaban J connectivity index is 1.86. The predicted octanol–water partition coefficient (Wildman–Crippen LogP) is 5.48. The fraction of sp³-hybridized carbons (Fsp3) is 0.111. The third kappa shape index (κ3) is 4.08. The standard InChI is InChI=1S/C18H16BrFN4/c1-11-8-13(19)6-7-16(11)23-18-21-12(2)9-17(24-18)22-15-5-3-4-14(20)10-15/h3-10H,1-2H3,(H2,21,22,23,24). The van der Waals surface area contributed by atoms with Crippen LogP contribution >= 0.6 is 15.9 Å². The summed E-state index contributed by atoms with van der Waals surface area (Å²) in [5.74, 6) is 0.791. The fourth-order valence-corrected chi connectivity index (χ4v) is 2.77. The van der Waals surface area contributed by atoms with E-state index in [0.29, 0.717) is 17.5 Å². The number of rotatable bonds is 4. The van der Waals surface area contributed by atoms with E-state index in [1.807, 2.05) is 38.1 Å². The average molecular weight is 387 g/mol. The van der Waals surface area contributed by atoms with Crippen molar-refractivity contribution in [2.45, 2.75) is 13.8 Å². The van der Waals surface area contributed by atoms with Gasteiger partial charge in [0.25, 0.3) is 0 Å². The minimum Gasteiger partial charge on any atom is -0.340 e. The molecular weight excluding hydrogens is 371 g/mol. The van der Waals surface area contributed by atoms with Gasteiger partial charge in [-0.2, -0.15) is 4.98 Å². The summed E-state index contributed by atoms with van der Waals surface area (Å²) < 4.78 is 14.3.